The van der Waals surface area contributed by atoms with E-state index in [9.17, 15) is 9.59 Å². The topological polar surface area (TPSA) is 57.9 Å². The molecule has 0 heterocycles. The van der Waals surface area contributed by atoms with E-state index < -0.39 is 5.41 Å². The molecule has 0 bridgehead atoms. The summed E-state index contributed by atoms with van der Waals surface area (Å²) in [7, 11) is 0. The molecule has 3 nitrogen and oxygen atoms in total. The Labute approximate surface area is 76.4 Å². The van der Waals surface area contributed by atoms with Crippen LogP contribution >= 0.6 is 0 Å². The Morgan fingerprint density at radius 2 is 1.92 bits per heavy atom. The number of nitrogens with zero attached hydrogens (tertiary/aromatic N) is 1. The monoisotopic (exact) mass is 175 g/mol. The highest BCUT2D eigenvalue weighted by molar-refractivity contribution is 6.18. The molecule has 0 aromatic rings. The first-order valence-electron chi connectivity index (χ1n) is 3.87. The summed E-state index contributed by atoms with van der Waals surface area (Å²) in [6.45, 7) is 3.23. The maximum absolute atomic E-state index is 11.3. The second-order valence-electron chi connectivity index (χ2n) is 3.39. The fourth-order valence-electron chi connectivity index (χ4n) is 1.06. The molecule has 3 heteroatoms. The lowest BCUT2D eigenvalue weighted by Gasteiger charge is -2.18. The smallest absolute Gasteiger partial charge is 0.183 e. The SMILES string of the molecule is CC(C)(C#N)C1=CC(=O)C=CC1=O. The van der Waals surface area contributed by atoms with Crippen LogP contribution in [0.4, 0.5) is 0 Å². The molecule has 0 atom stereocenters. The molecular weight excluding hydrogens is 166 g/mol. The molecule has 0 aromatic carbocycles. The highest BCUT2D eigenvalue weighted by atomic mass is 16.1. The minimum absolute atomic E-state index is 0.238. The van der Waals surface area contributed by atoms with Crippen molar-refractivity contribution in [2.75, 3.05) is 0 Å². The Balaban J connectivity index is 3.13. The van der Waals surface area contributed by atoms with Gasteiger partial charge < -0.3 is 0 Å². The third-order valence-corrected chi connectivity index (χ3v) is 1.90. The van der Waals surface area contributed by atoms with E-state index in [0.717, 1.165) is 0 Å². The summed E-state index contributed by atoms with van der Waals surface area (Å²) >= 11 is 0. The number of nitriles is 1. The quantitative estimate of drug-likeness (QED) is 0.562. The number of allylic oxidation sites excluding steroid dienone is 4. The van der Waals surface area contributed by atoms with Crippen LogP contribution < -0.4 is 0 Å². The van der Waals surface area contributed by atoms with Crippen LogP contribution in [0.1, 0.15) is 13.8 Å². The average Bonchev–Trinajstić information content (AvgIpc) is 2.09. The molecule has 1 aliphatic rings. The van der Waals surface area contributed by atoms with Gasteiger partial charge in [0.2, 0.25) is 0 Å². The number of rotatable bonds is 1. The van der Waals surface area contributed by atoms with Crippen LogP contribution in [0.25, 0.3) is 0 Å². The minimum atomic E-state index is -0.891. The largest absolute Gasteiger partial charge is 0.290 e. The molecule has 0 amide bonds. The maximum Gasteiger partial charge on any atom is 0.183 e. The predicted octanol–water partition coefficient (Wildman–Crippen LogP) is 1.17. The van der Waals surface area contributed by atoms with Gasteiger partial charge in [-0.05, 0) is 32.1 Å². The van der Waals surface area contributed by atoms with E-state index in [1.165, 1.54) is 18.2 Å². The lowest BCUT2D eigenvalue weighted by Crippen LogP contribution is -2.21. The van der Waals surface area contributed by atoms with E-state index in [0.29, 0.717) is 0 Å². The van der Waals surface area contributed by atoms with Crippen molar-refractivity contribution >= 4 is 11.6 Å². The first-order valence-corrected chi connectivity index (χ1v) is 3.87. The Morgan fingerprint density at radius 1 is 1.31 bits per heavy atom. The van der Waals surface area contributed by atoms with Crippen molar-refractivity contribution < 1.29 is 9.59 Å². The van der Waals surface area contributed by atoms with Crippen LogP contribution in [0.2, 0.25) is 0 Å². The lowest BCUT2D eigenvalue weighted by atomic mass is 9.81. The molecule has 0 spiro atoms. The van der Waals surface area contributed by atoms with Gasteiger partial charge in [-0.25, -0.2) is 0 Å². The maximum atomic E-state index is 11.3. The minimum Gasteiger partial charge on any atom is -0.290 e. The van der Waals surface area contributed by atoms with Gasteiger partial charge in [-0.2, -0.15) is 5.26 Å². The zero-order valence-electron chi connectivity index (χ0n) is 7.50. The van der Waals surface area contributed by atoms with Crippen molar-refractivity contribution in [1.82, 2.24) is 0 Å². The normalized spacial score (nSPS) is 16.8. The van der Waals surface area contributed by atoms with E-state index in [1.807, 2.05) is 6.07 Å². The zero-order valence-corrected chi connectivity index (χ0v) is 7.50. The first kappa shape index (κ1) is 9.40. The molecule has 66 valence electrons. The second-order valence-corrected chi connectivity index (χ2v) is 3.39. The standard InChI is InChI=1S/C10H9NO2/c1-10(2,6-11)8-5-7(12)3-4-9(8)13/h3-5H,1-2H3. The van der Waals surface area contributed by atoms with Gasteiger partial charge >= 0.3 is 0 Å². The van der Waals surface area contributed by atoms with Crippen molar-refractivity contribution in [2.24, 2.45) is 5.41 Å². The molecule has 0 N–H and O–H groups in total. The van der Waals surface area contributed by atoms with Gasteiger partial charge in [0.05, 0.1) is 11.5 Å². The highest BCUT2D eigenvalue weighted by Crippen LogP contribution is 2.27. The van der Waals surface area contributed by atoms with Gasteiger partial charge in [-0.3, -0.25) is 9.59 Å². The van der Waals surface area contributed by atoms with Gasteiger partial charge in [-0.1, -0.05) is 0 Å². The molecule has 0 radical (unpaired) electrons. The summed E-state index contributed by atoms with van der Waals surface area (Å²) in [6, 6.07) is 1.99. The van der Waals surface area contributed by atoms with Gasteiger partial charge in [0.1, 0.15) is 0 Å². The van der Waals surface area contributed by atoms with Crippen LogP contribution in [0.3, 0.4) is 0 Å². The molecule has 0 aliphatic heterocycles. The molecule has 0 unspecified atom stereocenters. The fraction of sp³-hybridized carbons (Fsp3) is 0.300. The first-order chi connectivity index (χ1) is 5.97. The van der Waals surface area contributed by atoms with Crippen molar-refractivity contribution in [3.8, 4) is 6.07 Å². The van der Waals surface area contributed by atoms with Crippen molar-refractivity contribution in [3.63, 3.8) is 0 Å². The molecule has 1 rings (SSSR count). The fourth-order valence-corrected chi connectivity index (χ4v) is 1.06. The van der Waals surface area contributed by atoms with E-state index in [1.54, 1.807) is 13.8 Å². The molecule has 0 fully saturated rings. The third-order valence-electron chi connectivity index (χ3n) is 1.90. The molecule has 0 saturated carbocycles. The second kappa shape index (κ2) is 2.98. The van der Waals surface area contributed by atoms with E-state index in [2.05, 4.69) is 0 Å². The lowest BCUT2D eigenvalue weighted by molar-refractivity contribution is -0.115. The third kappa shape index (κ3) is 1.73. The molecule has 0 aromatic heterocycles. The van der Waals surface area contributed by atoms with Crippen LogP contribution in [-0.4, -0.2) is 11.6 Å². The number of ketones is 2. The molecule has 0 saturated heterocycles. The van der Waals surface area contributed by atoms with Gasteiger partial charge in [0, 0.05) is 5.57 Å². The number of hydrogen-bond donors (Lipinski definition) is 0. The van der Waals surface area contributed by atoms with Gasteiger partial charge in [-0.15, -0.1) is 0 Å². The summed E-state index contributed by atoms with van der Waals surface area (Å²) in [5.74, 6) is -0.496. The van der Waals surface area contributed by atoms with Gasteiger partial charge in [0.15, 0.2) is 11.6 Å². The van der Waals surface area contributed by atoms with E-state index in [-0.39, 0.29) is 17.1 Å². The van der Waals surface area contributed by atoms with Crippen molar-refractivity contribution in [2.45, 2.75) is 13.8 Å². The molecule has 1 aliphatic carbocycles. The molecular formula is C10H9NO2. The summed E-state index contributed by atoms with van der Waals surface area (Å²) < 4.78 is 0. The van der Waals surface area contributed by atoms with Crippen LogP contribution in [0, 0.1) is 16.7 Å². The number of carbonyl (C=O) groups is 2. The van der Waals surface area contributed by atoms with Gasteiger partial charge in [0.25, 0.3) is 0 Å². The summed E-state index contributed by atoms with van der Waals surface area (Å²) in [5.41, 5.74) is -0.625. The van der Waals surface area contributed by atoms with E-state index >= 15 is 0 Å². The summed E-state index contributed by atoms with van der Waals surface area (Å²) in [4.78, 5) is 22.2. The number of hydrogen-bond acceptors (Lipinski definition) is 3. The molecule has 13 heavy (non-hydrogen) atoms. The Hall–Kier alpha value is -1.69. The van der Waals surface area contributed by atoms with Crippen molar-refractivity contribution in [1.29, 1.82) is 5.26 Å². The van der Waals surface area contributed by atoms with E-state index in [4.69, 9.17) is 5.26 Å². The van der Waals surface area contributed by atoms with Crippen molar-refractivity contribution in [3.05, 3.63) is 23.8 Å². The van der Waals surface area contributed by atoms with Crippen LogP contribution in [-0.2, 0) is 9.59 Å². The Bertz CT molecular complexity index is 367. The van der Waals surface area contributed by atoms with Crippen LogP contribution in [0.15, 0.2) is 23.8 Å². The summed E-state index contributed by atoms with van der Waals surface area (Å²) in [5, 5.41) is 8.77. The Kier molecular flexibility index (Phi) is 2.16. The Morgan fingerprint density at radius 3 is 2.46 bits per heavy atom. The number of carbonyl (C=O) groups excluding carboxylic acids is 2. The highest BCUT2D eigenvalue weighted by Gasteiger charge is 2.29. The zero-order chi connectivity index (χ0) is 10.1. The predicted molar refractivity (Wildman–Crippen MR) is 46.6 cm³/mol. The average molecular weight is 175 g/mol. The van der Waals surface area contributed by atoms with Crippen LogP contribution in [0.5, 0.6) is 0 Å². The summed E-state index contributed by atoms with van der Waals surface area (Å²) in [6.07, 6.45) is 3.64.